The Balaban J connectivity index is 4.08. The fourth-order valence-electron chi connectivity index (χ4n) is 9.40. The van der Waals surface area contributed by atoms with Crippen molar-refractivity contribution in [3.8, 4) is 0 Å². The summed E-state index contributed by atoms with van der Waals surface area (Å²) in [5.74, 6) is -0.882. The Labute approximate surface area is 483 Å². The molecule has 0 amide bonds. The van der Waals surface area contributed by atoms with E-state index in [4.69, 9.17) is 14.2 Å². The molecule has 1 unspecified atom stereocenters. The smallest absolute Gasteiger partial charge is 0.306 e. The molecule has 6 nitrogen and oxygen atoms in total. The van der Waals surface area contributed by atoms with Gasteiger partial charge in [-0.15, -0.1) is 0 Å². The van der Waals surface area contributed by atoms with Crippen molar-refractivity contribution in [1.82, 2.24) is 0 Å². The molecule has 0 saturated carbocycles. The van der Waals surface area contributed by atoms with Gasteiger partial charge in [-0.05, 0) is 83.5 Å². The monoisotopic (exact) mass is 1080 g/mol. The fraction of sp³-hybridized carbons (Fsp3) is 0.736. The Morgan fingerprint density at radius 3 is 0.782 bits per heavy atom. The van der Waals surface area contributed by atoms with Crippen LogP contribution in [0.5, 0.6) is 0 Å². The number of unbranched alkanes of at least 4 members (excludes halogenated alkanes) is 33. The number of ether oxygens (including phenoxy) is 3. The molecule has 0 aliphatic heterocycles. The van der Waals surface area contributed by atoms with Crippen LogP contribution in [0.4, 0.5) is 0 Å². The molecule has 0 N–H and O–H groups in total. The highest BCUT2D eigenvalue weighted by atomic mass is 16.6. The van der Waals surface area contributed by atoms with Gasteiger partial charge in [-0.3, -0.25) is 14.4 Å². The summed E-state index contributed by atoms with van der Waals surface area (Å²) in [6.45, 7) is 6.49. The summed E-state index contributed by atoms with van der Waals surface area (Å²) in [4.78, 5) is 38.0. The van der Waals surface area contributed by atoms with E-state index in [2.05, 4.69) is 118 Å². The van der Waals surface area contributed by atoms with E-state index in [1.165, 1.54) is 167 Å². The largest absolute Gasteiger partial charge is 0.462 e. The van der Waals surface area contributed by atoms with Crippen molar-refractivity contribution in [2.24, 2.45) is 0 Å². The lowest BCUT2D eigenvalue weighted by atomic mass is 10.0. The number of hydrogen-bond acceptors (Lipinski definition) is 6. The first-order chi connectivity index (χ1) is 38.5. The van der Waals surface area contributed by atoms with E-state index in [0.29, 0.717) is 19.3 Å². The molecule has 448 valence electrons. The maximum Gasteiger partial charge on any atom is 0.306 e. The predicted octanol–water partition coefficient (Wildman–Crippen LogP) is 22.8. The van der Waals surface area contributed by atoms with E-state index >= 15 is 0 Å². The van der Waals surface area contributed by atoms with Crippen molar-refractivity contribution in [2.45, 2.75) is 329 Å². The summed E-state index contributed by atoms with van der Waals surface area (Å²) in [7, 11) is 0. The normalized spacial score (nSPS) is 12.7. The van der Waals surface area contributed by atoms with Crippen LogP contribution in [-0.4, -0.2) is 37.2 Å². The molecule has 0 fully saturated rings. The molecule has 1 atom stereocenters. The van der Waals surface area contributed by atoms with Crippen LogP contribution < -0.4 is 0 Å². The van der Waals surface area contributed by atoms with Crippen LogP contribution >= 0.6 is 0 Å². The van der Waals surface area contributed by atoms with Crippen LogP contribution in [-0.2, 0) is 28.6 Å². The van der Waals surface area contributed by atoms with Gasteiger partial charge in [0.1, 0.15) is 13.2 Å². The van der Waals surface area contributed by atoms with Gasteiger partial charge in [0.2, 0.25) is 0 Å². The zero-order chi connectivity index (χ0) is 56.4. The maximum absolute atomic E-state index is 12.9. The molecule has 0 aliphatic rings. The summed E-state index contributed by atoms with van der Waals surface area (Å²) in [6.07, 6.45) is 88.9. The number of carbonyl (C=O) groups is 3. The Morgan fingerprint density at radius 1 is 0.269 bits per heavy atom. The Kier molecular flexibility index (Phi) is 62.7. The van der Waals surface area contributed by atoms with Crippen molar-refractivity contribution in [3.05, 3.63) is 97.2 Å². The van der Waals surface area contributed by atoms with Crippen molar-refractivity contribution in [1.29, 1.82) is 0 Å². The Hall–Kier alpha value is -3.67. The first kappa shape index (κ1) is 74.3. The topological polar surface area (TPSA) is 78.9 Å². The van der Waals surface area contributed by atoms with Crippen LogP contribution in [0.15, 0.2) is 97.2 Å². The lowest BCUT2D eigenvalue weighted by molar-refractivity contribution is -0.167. The number of rotatable bonds is 60. The molecule has 0 heterocycles. The molecule has 0 radical (unpaired) electrons. The van der Waals surface area contributed by atoms with E-state index < -0.39 is 6.10 Å². The van der Waals surface area contributed by atoms with Gasteiger partial charge in [0.05, 0.1) is 0 Å². The minimum Gasteiger partial charge on any atom is -0.462 e. The zero-order valence-electron chi connectivity index (χ0n) is 51.4. The highest BCUT2D eigenvalue weighted by Gasteiger charge is 2.19. The minimum absolute atomic E-state index is 0.0764. The van der Waals surface area contributed by atoms with Crippen molar-refractivity contribution in [3.63, 3.8) is 0 Å². The van der Waals surface area contributed by atoms with Gasteiger partial charge in [-0.1, -0.05) is 317 Å². The molecule has 78 heavy (non-hydrogen) atoms. The van der Waals surface area contributed by atoms with Gasteiger partial charge in [-0.25, -0.2) is 0 Å². The zero-order valence-corrected chi connectivity index (χ0v) is 51.4. The first-order valence-electron chi connectivity index (χ1n) is 33.2. The number of esters is 3. The van der Waals surface area contributed by atoms with Gasteiger partial charge in [0.15, 0.2) is 6.10 Å². The molecule has 0 aromatic carbocycles. The highest BCUT2D eigenvalue weighted by molar-refractivity contribution is 5.71. The molecular formula is C72H124O6. The molecule has 6 heteroatoms. The average molecular weight is 1090 g/mol. The van der Waals surface area contributed by atoms with Gasteiger partial charge < -0.3 is 14.2 Å². The second kappa shape index (κ2) is 65.8. The highest BCUT2D eigenvalue weighted by Crippen LogP contribution is 2.17. The molecule has 0 spiro atoms. The van der Waals surface area contributed by atoms with E-state index in [9.17, 15) is 14.4 Å². The number of allylic oxidation sites excluding steroid dienone is 16. The lowest BCUT2D eigenvalue weighted by Crippen LogP contribution is -2.30. The predicted molar refractivity (Wildman–Crippen MR) is 339 cm³/mol. The van der Waals surface area contributed by atoms with E-state index in [1.54, 1.807) is 0 Å². The standard InChI is InChI=1S/C72H124O6/c1-4-7-10-13-16-18-20-22-24-26-28-30-31-32-33-34-35-36-37-38-39-40-41-43-44-46-48-50-52-54-56-59-62-65-71(74)77-68-69(67-76-70(73)64-61-58-15-12-9-6-3)78-72(75)66-63-60-57-55-53-51-49-47-45-42-29-27-25-23-21-19-17-14-11-8-5-2/h7,10,16,18,22,24,28,30,32-33,35-36,38-39,41,43,69H,4-6,8-9,11-15,17,19-21,23,25-27,29,31,34,37,40,42,44-68H2,1-3H3/b10-7-,18-16-,24-22-,30-28-,33-32-,36-35-,39-38-,43-41-. The lowest BCUT2D eigenvalue weighted by Gasteiger charge is -2.18. The quantitative estimate of drug-likeness (QED) is 0.0261. The van der Waals surface area contributed by atoms with Gasteiger partial charge in [0.25, 0.3) is 0 Å². The fourth-order valence-corrected chi connectivity index (χ4v) is 9.40. The molecule has 0 saturated heterocycles. The van der Waals surface area contributed by atoms with Crippen LogP contribution in [0, 0.1) is 0 Å². The van der Waals surface area contributed by atoms with Crippen LogP contribution in [0.2, 0.25) is 0 Å². The first-order valence-corrected chi connectivity index (χ1v) is 33.2. The van der Waals surface area contributed by atoms with E-state index in [-0.39, 0.29) is 31.1 Å². The Morgan fingerprint density at radius 2 is 0.500 bits per heavy atom. The van der Waals surface area contributed by atoms with Crippen molar-refractivity contribution < 1.29 is 28.6 Å². The second-order valence-corrected chi connectivity index (χ2v) is 22.0. The van der Waals surface area contributed by atoms with Crippen molar-refractivity contribution >= 4 is 17.9 Å². The molecule has 0 bridgehead atoms. The van der Waals surface area contributed by atoms with E-state index in [1.807, 2.05) is 0 Å². The third-order valence-corrected chi connectivity index (χ3v) is 14.4. The summed E-state index contributed by atoms with van der Waals surface area (Å²) < 4.78 is 16.8. The van der Waals surface area contributed by atoms with Crippen LogP contribution in [0.25, 0.3) is 0 Å². The minimum atomic E-state index is -0.776. The van der Waals surface area contributed by atoms with Gasteiger partial charge in [0, 0.05) is 19.3 Å². The van der Waals surface area contributed by atoms with Crippen LogP contribution in [0.1, 0.15) is 323 Å². The third kappa shape index (κ3) is 63.2. The van der Waals surface area contributed by atoms with Gasteiger partial charge >= 0.3 is 17.9 Å². The SMILES string of the molecule is CC/C=C\C/C=C\C/C=C\C/C=C\C/C=C\C/C=C\C/C=C\C/C=C\CCCCCCCCCCC(=O)OCC(COC(=O)CCCCCCCC)OC(=O)CCCCCCCCCCCCCCCCCCCCCCC. The Bertz CT molecular complexity index is 1530. The van der Waals surface area contributed by atoms with E-state index in [0.717, 1.165) is 116 Å². The third-order valence-electron chi connectivity index (χ3n) is 14.4. The van der Waals surface area contributed by atoms with Gasteiger partial charge in [-0.2, -0.15) is 0 Å². The summed E-state index contributed by atoms with van der Waals surface area (Å²) in [5.41, 5.74) is 0. The molecule has 0 aromatic heterocycles. The summed E-state index contributed by atoms with van der Waals surface area (Å²) >= 11 is 0. The molecule has 0 rings (SSSR count). The molecular weight excluding hydrogens is 961 g/mol. The maximum atomic E-state index is 12.9. The summed E-state index contributed by atoms with van der Waals surface area (Å²) in [5, 5.41) is 0. The molecule has 0 aliphatic carbocycles. The molecule has 0 aromatic rings. The van der Waals surface area contributed by atoms with Crippen LogP contribution in [0.3, 0.4) is 0 Å². The number of carbonyl (C=O) groups excluding carboxylic acids is 3. The second-order valence-electron chi connectivity index (χ2n) is 22.0. The number of hydrogen-bond donors (Lipinski definition) is 0. The average Bonchev–Trinajstić information content (AvgIpc) is 3.44. The van der Waals surface area contributed by atoms with Crippen molar-refractivity contribution in [2.75, 3.05) is 13.2 Å². The summed E-state index contributed by atoms with van der Waals surface area (Å²) in [6, 6.07) is 0.